The van der Waals surface area contributed by atoms with Gasteiger partial charge in [0.05, 0.1) is 14.2 Å². The van der Waals surface area contributed by atoms with Crippen molar-refractivity contribution in [3.8, 4) is 11.5 Å². The summed E-state index contributed by atoms with van der Waals surface area (Å²) in [5.74, 6) is 1.60. The van der Waals surface area contributed by atoms with Crippen molar-refractivity contribution >= 4 is 15.9 Å². The first kappa shape index (κ1) is 13.7. The van der Waals surface area contributed by atoms with E-state index in [1.165, 1.54) is 24.9 Å². The van der Waals surface area contributed by atoms with Crippen LogP contribution in [-0.2, 0) is 6.54 Å². The third-order valence-corrected chi connectivity index (χ3v) is 4.26. The molecule has 0 N–H and O–H groups in total. The van der Waals surface area contributed by atoms with Crippen LogP contribution in [0.2, 0.25) is 0 Å². The number of ether oxygens (including phenoxy) is 2. The SMILES string of the molecule is COc1ccc(CN2CCCC2CBr)cc1OC. The minimum atomic E-state index is 0.665. The summed E-state index contributed by atoms with van der Waals surface area (Å²) in [7, 11) is 3.34. The van der Waals surface area contributed by atoms with Crippen LogP contribution in [0.4, 0.5) is 0 Å². The van der Waals surface area contributed by atoms with Gasteiger partial charge in [0, 0.05) is 17.9 Å². The molecule has 4 heteroatoms. The van der Waals surface area contributed by atoms with Crippen molar-refractivity contribution in [2.45, 2.75) is 25.4 Å². The predicted molar refractivity (Wildman–Crippen MR) is 76.8 cm³/mol. The van der Waals surface area contributed by atoms with Gasteiger partial charge < -0.3 is 9.47 Å². The van der Waals surface area contributed by atoms with E-state index in [4.69, 9.17) is 9.47 Å². The first-order chi connectivity index (χ1) is 8.78. The summed E-state index contributed by atoms with van der Waals surface area (Å²) in [4.78, 5) is 2.52. The van der Waals surface area contributed by atoms with Crippen LogP contribution < -0.4 is 9.47 Å². The van der Waals surface area contributed by atoms with Gasteiger partial charge in [0.25, 0.3) is 0 Å². The molecule has 1 aliphatic heterocycles. The number of nitrogens with zero attached hydrogens (tertiary/aromatic N) is 1. The van der Waals surface area contributed by atoms with Crippen molar-refractivity contribution in [3.05, 3.63) is 23.8 Å². The van der Waals surface area contributed by atoms with E-state index in [9.17, 15) is 0 Å². The van der Waals surface area contributed by atoms with Gasteiger partial charge in [0.1, 0.15) is 0 Å². The zero-order valence-corrected chi connectivity index (χ0v) is 12.6. The minimum absolute atomic E-state index is 0.665. The molecule has 18 heavy (non-hydrogen) atoms. The Labute approximate surface area is 117 Å². The zero-order chi connectivity index (χ0) is 13.0. The molecule has 0 spiro atoms. The van der Waals surface area contributed by atoms with Crippen molar-refractivity contribution in [3.63, 3.8) is 0 Å². The van der Waals surface area contributed by atoms with Crippen LogP contribution >= 0.6 is 15.9 Å². The number of hydrogen-bond acceptors (Lipinski definition) is 3. The standard InChI is InChI=1S/C14H20BrNO2/c1-17-13-6-5-11(8-14(13)18-2)10-16-7-3-4-12(16)9-15/h5-6,8,12H,3-4,7,9-10H2,1-2H3. The largest absolute Gasteiger partial charge is 0.493 e. The average Bonchev–Trinajstić information content (AvgIpc) is 2.85. The maximum Gasteiger partial charge on any atom is 0.161 e. The molecule has 1 atom stereocenters. The van der Waals surface area contributed by atoms with Crippen LogP contribution in [0.25, 0.3) is 0 Å². The second-order valence-electron chi connectivity index (χ2n) is 4.61. The maximum atomic E-state index is 5.34. The lowest BCUT2D eigenvalue weighted by Crippen LogP contribution is -2.29. The number of methoxy groups -OCH3 is 2. The van der Waals surface area contributed by atoms with Crippen molar-refractivity contribution in [2.24, 2.45) is 0 Å². The number of likely N-dealkylation sites (tertiary alicyclic amines) is 1. The number of rotatable bonds is 5. The van der Waals surface area contributed by atoms with Gasteiger partial charge in [-0.15, -0.1) is 0 Å². The minimum Gasteiger partial charge on any atom is -0.493 e. The molecule has 1 aromatic rings. The first-order valence-corrected chi connectivity index (χ1v) is 7.41. The lowest BCUT2D eigenvalue weighted by atomic mass is 10.1. The Kier molecular flexibility index (Phi) is 4.89. The highest BCUT2D eigenvalue weighted by Gasteiger charge is 2.23. The fourth-order valence-corrected chi connectivity index (χ4v) is 3.22. The Morgan fingerprint density at radius 2 is 2.06 bits per heavy atom. The third-order valence-electron chi connectivity index (χ3n) is 3.51. The number of halogens is 1. The van der Waals surface area contributed by atoms with Gasteiger partial charge in [-0.2, -0.15) is 0 Å². The zero-order valence-electron chi connectivity index (χ0n) is 11.0. The number of alkyl halides is 1. The summed E-state index contributed by atoms with van der Waals surface area (Å²) < 4.78 is 10.6. The fraction of sp³-hybridized carbons (Fsp3) is 0.571. The predicted octanol–water partition coefficient (Wildman–Crippen LogP) is 3.06. The molecule has 0 saturated carbocycles. The van der Waals surface area contributed by atoms with E-state index >= 15 is 0 Å². The molecule has 1 fully saturated rings. The number of hydrogen-bond donors (Lipinski definition) is 0. The Balaban J connectivity index is 2.09. The van der Waals surface area contributed by atoms with Gasteiger partial charge in [-0.25, -0.2) is 0 Å². The second kappa shape index (κ2) is 6.43. The van der Waals surface area contributed by atoms with Gasteiger partial charge in [-0.05, 0) is 37.1 Å². The van der Waals surface area contributed by atoms with Crippen molar-refractivity contribution in [1.29, 1.82) is 0 Å². The van der Waals surface area contributed by atoms with Gasteiger partial charge >= 0.3 is 0 Å². The van der Waals surface area contributed by atoms with Crippen LogP contribution in [0.15, 0.2) is 18.2 Å². The van der Waals surface area contributed by atoms with E-state index < -0.39 is 0 Å². The summed E-state index contributed by atoms with van der Waals surface area (Å²) in [5.41, 5.74) is 1.28. The molecule has 0 aliphatic carbocycles. The monoisotopic (exact) mass is 313 g/mol. The first-order valence-electron chi connectivity index (χ1n) is 6.29. The highest BCUT2D eigenvalue weighted by Crippen LogP contribution is 2.29. The van der Waals surface area contributed by atoms with Crippen LogP contribution in [-0.4, -0.2) is 37.0 Å². The Morgan fingerprint density at radius 1 is 1.28 bits per heavy atom. The highest BCUT2D eigenvalue weighted by atomic mass is 79.9. The molecule has 0 bridgehead atoms. The second-order valence-corrected chi connectivity index (χ2v) is 5.26. The van der Waals surface area contributed by atoms with Crippen molar-refractivity contribution < 1.29 is 9.47 Å². The Morgan fingerprint density at radius 3 is 2.72 bits per heavy atom. The van der Waals surface area contributed by atoms with E-state index in [2.05, 4.69) is 33.0 Å². The topological polar surface area (TPSA) is 21.7 Å². The normalized spacial score (nSPS) is 20.1. The molecule has 3 nitrogen and oxygen atoms in total. The van der Waals surface area contributed by atoms with Crippen LogP contribution in [0.1, 0.15) is 18.4 Å². The highest BCUT2D eigenvalue weighted by molar-refractivity contribution is 9.09. The lowest BCUT2D eigenvalue weighted by molar-refractivity contribution is 0.264. The molecule has 1 saturated heterocycles. The van der Waals surface area contributed by atoms with E-state index in [1.54, 1.807) is 14.2 Å². The van der Waals surface area contributed by atoms with Gasteiger partial charge in [-0.3, -0.25) is 4.90 Å². The van der Waals surface area contributed by atoms with Gasteiger partial charge in [0.15, 0.2) is 11.5 Å². The van der Waals surface area contributed by atoms with E-state index in [1.807, 2.05) is 6.07 Å². The van der Waals surface area contributed by atoms with Crippen LogP contribution in [0.5, 0.6) is 11.5 Å². The maximum absolute atomic E-state index is 5.34. The summed E-state index contributed by atoms with van der Waals surface area (Å²) in [5, 5.41) is 1.06. The quantitative estimate of drug-likeness (QED) is 0.780. The molecular weight excluding hydrogens is 294 g/mol. The summed E-state index contributed by atoms with van der Waals surface area (Å²) in [6, 6.07) is 6.83. The number of benzene rings is 1. The average molecular weight is 314 g/mol. The molecule has 2 rings (SSSR count). The molecule has 0 radical (unpaired) electrons. The molecule has 1 heterocycles. The summed E-state index contributed by atoms with van der Waals surface area (Å²) >= 11 is 3.59. The van der Waals surface area contributed by atoms with Crippen LogP contribution in [0, 0.1) is 0 Å². The molecule has 1 aliphatic rings. The smallest absolute Gasteiger partial charge is 0.161 e. The molecule has 100 valence electrons. The Hall–Kier alpha value is -0.740. The van der Waals surface area contributed by atoms with Crippen molar-refractivity contribution in [1.82, 2.24) is 4.90 Å². The van der Waals surface area contributed by atoms with Gasteiger partial charge in [0.2, 0.25) is 0 Å². The molecule has 0 aromatic heterocycles. The van der Waals surface area contributed by atoms with E-state index in [0.717, 1.165) is 23.4 Å². The summed E-state index contributed by atoms with van der Waals surface area (Å²) in [6.07, 6.45) is 2.59. The molecule has 1 aromatic carbocycles. The van der Waals surface area contributed by atoms with Gasteiger partial charge in [-0.1, -0.05) is 22.0 Å². The van der Waals surface area contributed by atoms with Crippen molar-refractivity contribution in [2.75, 3.05) is 26.1 Å². The van der Waals surface area contributed by atoms with Crippen LogP contribution in [0.3, 0.4) is 0 Å². The van der Waals surface area contributed by atoms with E-state index in [-0.39, 0.29) is 0 Å². The molecule has 1 unspecified atom stereocenters. The molecular formula is C14H20BrNO2. The summed E-state index contributed by atoms with van der Waals surface area (Å²) in [6.45, 7) is 2.17. The lowest BCUT2D eigenvalue weighted by Gasteiger charge is -2.23. The van der Waals surface area contributed by atoms with E-state index in [0.29, 0.717) is 6.04 Å². The molecule has 0 amide bonds. The Bertz CT molecular complexity index is 397. The fourth-order valence-electron chi connectivity index (χ4n) is 2.49. The third kappa shape index (κ3) is 2.98.